The van der Waals surface area contributed by atoms with Crippen molar-refractivity contribution in [3.05, 3.63) is 83.6 Å². The van der Waals surface area contributed by atoms with Gasteiger partial charge in [0.2, 0.25) is 0 Å². The molecule has 0 bridgehead atoms. The molecule has 0 spiro atoms. The Bertz CT molecular complexity index is 1530. The van der Waals surface area contributed by atoms with Gasteiger partial charge in [-0.1, -0.05) is 12.1 Å². The van der Waals surface area contributed by atoms with E-state index in [1.165, 1.54) is 23.5 Å². The number of rotatable bonds is 5. The Hall–Kier alpha value is -4.25. The van der Waals surface area contributed by atoms with E-state index in [2.05, 4.69) is 25.1 Å². The molecule has 0 fully saturated rings. The molecule has 0 aliphatic rings. The zero-order chi connectivity index (χ0) is 24.6. The molecule has 0 aliphatic heterocycles. The Balaban J connectivity index is 1.48. The molecule has 0 saturated heterocycles. The van der Waals surface area contributed by atoms with E-state index in [1.54, 1.807) is 22.3 Å². The van der Waals surface area contributed by atoms with Crippen LogP contribution >= 0.6 is 11.3 Å². The average molecular weight is 495 g/mol. The van der Waals surface area contributed by atoms with Crippen molar-refractivity contribution in [2.45, 2.75) is 13.3 Å². The minimum absolute atomic E-state index is 0.114. The van der Waals surface area contributed by atoms with Crippen molar-refractivity contribution in [1.82, 2.24) is 19.7 Å². The van der Waals surface area contributed by atoms with Crippen LogP contribution < -0.4 is 10.1 Å². The first-order chi connectivity index (χ1) is 16.7. The van der Waals surface area contributed by atoms with Crippen molar-refractivity contribution in [3.8, 4) is 22.8 Å². The maximum atomic E-state index is 13.0. The summed E-state index contributed by atoms with van der Waals surface area (Å²) in [5, 5.41) is 7.13. The first-order valence-corrected chi connectivity index (χ1v) is 11.2. The molecule has 35 heavy (non-hydrogen) atoms. The Labute approximate surface area is 200 Å². The van der Waals surface area contributed by atoms with E-state index in [-0.39, 0.29) is 11.4 Å². The zero-order valence-electron chi connectivity index (χ0n) is 18.1. The molecule has 0 aliphatic carbocycles. The van der Waals surface area contributed by atoms with E-state index in [4.69, 9.17) is 0 Å². The number of ether oxygens (including phenoxy) is 1. The number of alkyl halides is 3. The number of nitrogens with zero attached hydrogens (tertiary/aromatic N) is 4. The van der Waals surface area contributed by atoms with Gasteiger partial charge in [-0.05, 0) is 61.5 Å². The summed E-state index contributed by atoms with van der Waals surface area (Å²) in [6, 6.07) is 17.8. The van der Waals surface area contributed by atoms with Gasteiger partial charge in [-0.3, -0.25) is 4.79 Å². The van der Waals surface area contributed by atoms with Crippen LogP contribution in [0.2, 0.25) is 0 Å². The van der Waals surface area contributed by atoms with Gasteiger partial charge in [0.15, 0.2) is 11.5 Å². The number of pyridine rings is 1. The number of benzene rings is 2. The molecule has 5 aromatic rings. The lowest BCUT2D eigenvalue weighted by atomic mass is 10.1. The summed E-state index contributed by atoms with van der Waals surface area (Å²) < 4.78 is 43.6. The van der Waals surface area contributed by atoms with Crippen LogP contribution in [-0.2, 0) is 0 Å². The van der Waals surface area contributed by atoms with E-state index in [0.717, 1.165) is 33.6 Å². The molecule has 5 rings (SSSR count). The summed E-state index contributed by atoms with van der Waals surface area (Å²) in [4.78, 5) is 21.8. The van der Waals surface area contributed by atoms with Crippen molar-refractivity contribution in [2.24, 2.45) is 0 Å². The van der Waals surface area contributed by atoms with E-state index in [0.29, 0.717) is 17.2 Å². The van der Waals surface area contributed by atoms with Gasteiger partial charge in [0.1, 0.15) is 5.75 Å². The number of hydrogen-bond acceptors (Lipinski definition) is 6. The third kappa shape index (κ3) is 4.99. The van der Waals surface area contributed by atoms with Gasteiger partial charge in [0.05, 0.1) is 21.4 Å². The highest BCUT2D eigenvalue weighted by molar-refractivity contribution is 7.16. The fraction of sp³-hybridized carbons (Fsp3) is 0.0833. The van der Waals surface area contributed by atoms with Crippen molar-refractivity contribution in [1.29, 1.82) is 0 Å². The highest BCUT2D eigenvalue weighted by Gasteiger charge is 2.31. The third-order valence-electron chi connectivity index (χ3n) is 5.01. The molecule has 0 saturated carbocycles. The molecule has 1 N–H and O–H groups in total. The minimum atomic E-state index is -4.79. The maximum Gasteiger partial charge on any atom is 0.573 e. The monoisotopic (exact) mass is 495 g/mol. The molecule has 7 nitrogen and oxygen atoms in total. The Morgan fingerprint density at radius 1 is 1.06 bits per heavy atom. The zero-order valence-corrected chi connectivity index (χ0v) is 18.9. The van der Waals surface area contributed by atoms with E-state index >= 15 is 0 Å². The van der Waals surface area contributed by atoms with Crippen LogP contribution in [0, 0.1) is 6.92 Å². The number of hydrogen-bond donors (Lipinski definition) is 1. The first kappa shape index (κ1) is 22.5. The second-order valence-electron chi connectivity index (χ2n) is 7.52. The molecule has 3 heterocycles. The Morgan fingerprint density at radius 2 is 1.86 bits per heavy atom. The highest BCUT2D eigenvalue weighted by atomic mass is 32.1. The lowest BCUT2D eigenvalue weighted by Crippen LogP contribution is -2.17. The molecular weight excluding hydrogens is 479 g/mol. The van der Waals surface area contributed by atoms with Crippen LogP contribution in [0.3, 0.4) is 0 Å². The molecule has 2 aromatic carbocycles. The van der Waals surface area contributed by atoms with Crippen LogP contribution in [0.15, 0.2) is 72.2 Å². The number of anilines is 1. The van der Waals surface area contributed by atoms with Crippen LogP contribution in [0.1, 0.15) is 16.2 Å². The number of nitrogens with one attached hydrogen (secondary N) is 1. The summed E-state index contributed by atoms with van der Waals surface area (Å²) in [5.41, 5.74) is 5.30. The lowest BCUT2D eigenvalue weighted by molar-refractivity contribution is -0.274. The summed E-state index contributed by atoms with van der Waals surface area (Å²) in [5.74, 6) is -0.371. The number of halogens is 3. The van der Waals surface area contributed by atoms with Crippen LogP contribution in [0.5, 0.6) is 5.75 Å². The SMILES string of the molecule is Cc1cccc(-n2nc(C(=O)Nc3ccc(OC(F)(F)F)cc3)cc2-c2ccc3ncsc3c2)n1. The number of aromatic nitrogens is 4. The van der Waals surface area contributed by atoms with Gasteiger partial charge < -0.3 is 10.1 Å². The molecule has 3 aromatic heterocycles. The Morgan fingerprint density at radius 3 is 2.60 bits per heavy atom. The Kier molecular flexibility index (Phi) is 5.69. The van der Waals surface area contributed by atoms with Crippen molar-refractivity contribution >= 4 is 33.1 Å². The predicted octanol–water partition coefficient (Wildman–Crippen LogP) is 6.00. The van der Waals surface area contributed by atoms with Crippen molar-refractivity contribution in [2.75, 3.05) is 5.32 Å². The second kappa shape index (κ2) is 8.84. The van der Waals surface area contributed by atoms with Gasteiger partial charge in [0.25, 0.3) is 5.91 Å². The van der Waals surface area contributed by atoms with Crippen LogP contribution in [-0.4, -0.2) is 32.0 Å². The molecule has 0 atom stereocenters. The van der Waals surface area contributed by atoms with E-state index in [9.17, 15) is 18.0 Å². The summed E-state index contributed by atoms with van der Waals surface area (Å²) in [6.07, 6.45) is -4.79. The van der Waals surface area contributed by atoms with Gasteiger partial charge in [-0.25, -0.2) is 14.6 Å². The number of thiazole rings is 1. The van der Waals surface area contributed by atoms with Crippen LogP contribution in [0.25, 0.3) is 27.3 Å². The molecular formula is C24H16F3N5O2S. The normalized spacial score (nSPS) is 11.5. The number of carbonyl (C=O) groups is 1. The molecule has 1 amide bonds. The summed E-state index contributed by atoms with van der Waals surface area (Å²) in [6.45, 7) is 1.86. The van der Waals surface area contributed by atoms with Gasteiger partial charge in [0, 0.05) is 16.9 Å². The summed E-state index contributed by atoms with van der Waals surface area (Å²) >= 11 is 1.50. The molecule has 0 radical (unpaired) electrons. The quantitative estimate of drug-likeness (QED) is 0.323. The van der Waals surface area contributed by atoms with Gasteiger partial charge in [-0.2, -0.15) is 5.10 Å². The number of amides is 1. The number of aryl methyl sites for hydroxylation is 1. The standard InChI is InChI=1S/C24H16F3N5O2S/c1-14-3-2-4-22(29-14)32-20(15-5-10-18-21(11-15)35-13-28-18)12-19(31-32)23(33)30-16-6-8-17(9-7-16)34-24(25,26)27/h2-13H,1H3,(H,30,33). The van der Waals surface area contributed by atoms with Gasteiger partial charge in [-0.15, -0.1) is 24.5 Å². The van der Waals surface area contributed by atoms with Crippen molar-refractivity contribution < 1.29 is 22.7 Å². The van der Waals surface area contributed by atoms with Gasteiger partial charge >= 0.3 is 6.36 Å². The molecule has 176 valence electrons. The van der Waals surface area contributed by atoms with E-state index in [1.807, 2.05) is 37.3 Å². The second-order valence-corrected chi connectivity index (χ2v) is 8.41. The molecule has 11 heteroatoms. The highest BCUT2D eigenvalue weighted by Crippen LogP contribution is 2.29. The number of fused-ring (bicyclic) bond motifs is 1. The number of carbonyl (C=O) groups excluding carboxylic acids is 1. The predicted molar refractivity (Wildman–Crippen MR) is 126 cm³/mol. The lowest BCUT2D eigenvalue weighted by Gasteiger charge is -2.09. The molecule has 0 unspecified atom stereocenters. The summed E-state index contributed by atoms with van der Waals surface area (Å²) in [7, 11) is 0. The smallest absolute Gasteiger partial charge is 0.406 e. The minimum Gasteiger partial charge on any atom is -0.406 e. The fourth-order valence-electron chi connectivity index (χ4n) is 3.47. The first-order valence-electron chi connectivity index (χ1n) is 10.3. The van der Waals surface area contributed by atoms with Crippen molar-refractivity contribution in [3.63, 3.8) is 0 Å². The third-order valence-corrected chi connectivity index (χ3v) is 5.80. The van der Waals surface area contributed by atoms with E-state index < -0.39 is 12.3 Å². The largest absolute Gasteiger partial charge is 0.573 e. The fourth-order valence-corrected chi connectivity index (χ4v) is 4.18. The average Bonchev–Trinajstić information content (AvgIpc) is 3.46. The maximum absolute atomic E-state index is 13.0. The van der Waals surface area contributed by atoms with Crippen LogP contribution in [0.4, 0.5) is 18.9 Å². The topological polar surface area (TPSA) is 81.9 Å².